The second kappa shape index (κ2) is 11.1. The summed E-state index contributed by atoms with van der Waals surface area (Å²) in [5.41, 5.74) is 1.59. The number of fused-ring (bicyclic) bond motifs is 1. The molecule has 0 radical (unpaired) electrons. The highest BCUT2D eigenvalue weighted by atomic mass is 127. The fourth-order valence-electron chi connectivity index (χ4n) is 3.78. The average molecular weight is 569 g/mol. The van der Waals surface area contributed by atoms with Gasteiger partial charge in [0.15, 0.2) is 5.96 Å². The van der Waals surface area contributed by atoms with Crippen LogP contribution in [0, 0.1) is 0 Å². The number of benzene rings is 2. The lowest BCUT2D eigenvalue weighted by molar-refractivity contribution is 0.259. The van der Waals surface area contributed by atoms with Crippen LogP contribution in [0.4, 0.5) is 0 Å². The molecule has 4 rings (SSSR count). The molecule has 0 bridgehead atoms. The average Bonchev–Trinajstić information content (AvgIpc) is 3.29. The van der Waals surface area contributed by atoms with Crippen LogP contribution in [0.15, 0.2) is 64.3 Å². The topological polar surface area (TPSA) is 91.0 Å². The lowest BCUT2D eigenvalue weighted by atomic mass is 10.1. The van der Waals surface area contributed by atoms with Gasteiger partial charge in [-0.25, -0.2) is 13.4 Å². The first-order valence-electron chi connectivity index (χ1n) is 10.4. The van der Waals surface area contributed by atoms with Gasteiger partial charge in [0.1, 0.15) is 12.0 Å². The number of nitrogens with one attached hydrogen (secondary N) is 1. The van der Waals surface area contributed by atoms with Crippen molar-refractivity contribution in [3.8, 4) is 0 Å². The Morgan fingerprint density at radius 1 is 1.09 bits per heavy atom. The maximum atomic E-state index is 12.7. The monoisotopic (exact) mass is 569 g/mol. The molecule has 1 aliphatic rings. The number of guanidine groups is 1. The van der Waals surface area contributed by atoms with Gasteiger partial charge < -0.3 is 14.7 Å². The van der Waals surface area contributed by atoms with Gasteiger partial charge in [0.05, 0.1) is 12.2 Å². The highest BCUT2D eigenvalue weighted by molar-refractivity contribution is 14.0. The molecule has 10 heteroatoms. The van der Waals surface area contributed by atoms with E-state index in [4.69, 9.17) is 9.52 Å². The zero-order valence-electron chi connectivity index (χ0n) is 18.0. The van der Waals surface area contributed by atoms with Crippen LogP contribution in [0.5, 0.6) is 0 Å². The Labute approximate surface area is 205 Å². The number of rotatable bonds is 6. The third-order valence-electron chi connectivity index (χ3n) is 5.37. The molecule has 172 valence electrons. The highest BCUT2D eigenvalue weighted by Gasteiger charge is 2.29. The molecular formula is C22H28IN5O3S. The minimum absolute atomic E-state index is 0. The Bertz CT molecular complexity index is 1140. The van der Waals surface area contributed by atoms with Crippen LogP contribution in [0.2, 0.25) is 0 Å². The van der Waals surface area contributed by atoms with E-state index in [9.17, 15) is 8.42 Å². The summed E-state index contributed by atoms with van der Waals surface area (Å²) in [7, 11) is -3.42. The molecule has 0 aliphatic carbocycles. The molecule has 32 heavy (non-hydrogen) atoms. The van der Waals surface area contributed by atoms with Crippen molar-refractivity contribution in [2.75, 3.05) is 32.7 Å². The van der Waals surface area contributed by atoms with Crippen molar-refractivity contribution < 1.29 is 12.9 Å². The number of sulfonamides is 1. The van der Waals surface area contributed by atoms with Crippen LogP contribution in [-0.4, -0.2) is 61.5 Å². The maximum absolute atomic E-state index is 12.7. The van der Waals surface area contributed by atoms with Gasteiger partial charge in [0, 0.05) is 38.8 Å². The molecule has 0 atom stereocenters. The quantitative estimate of drug-likeness (QED) is 0.279. The van der Waals surface area contributed by atoms with E-state index in [0.29, 0.717) is 38.4 Å². The molecule has 1 fully saturated rings. The molecule has 0 unspecified atom stereocenters. The van der Waals surface area contributed by atoms with Gasteiger partial charge in [0.25, 0.3) is 0 Å². The van der Waals surface area contributed by atoms with E-state index in [1.807, 2.05) is 19.1 Å². The molecule has 3 aromatic rings. The first kappa shape index (κ1) is 24.5. The molecule has 1 N–H and O–H groups in total. The number of nitrogens with zero attached hydrogens (tertiary/aromatic N) is 4. The molecule has 0 spiro atoms. The first-order chi connectivity index (χ1) is 15.1. The van der Waals surface area contributed by atoms with Crippen LogP contribution >= 0.6 is 24.0 Å². The molecule has 8 nitrogen and oxygen atoms in total. The summed E-state index contributed by atoms with van der Waals surface area (Å²) in [6.45, 7) is 5.34. The lowest BCUT2D eigenvalue weighted by Crippen LogP contribution is -2.53. The van der Waals surface area contributed by atoms with Crippen molar-refractivity contribution in [1.29, 1.82) is 0 Å². The Hall–Kier alpha value is -2.18. The van der Waals surface area contributed by atoms with Crippen molar-refractivity contribution in [3.05, 3.63) is 66.1 Å². The number of aromatic nitrogens is 1. The van der Waals surface area contributed by atoms with Crippen molar-refractivity contribution in [2.45, 2.75) is 19.2 Å². The fourth-order valence-corrected chi connectivity index (χ4v) is 5.21. The van der Waals surface area contributed by atoms with E-state index in [2.05, 4.69) is 45.7 Å². The number of halogens is 1. The van der Waals surface area contributed by atoms with E-state index >= 15 is 0 Å². The van der Waals surface area contributed by atoms with Gasteiger partial charge in [-0.2, -0.15) is 4.31 Å². The largest absolute Gasteiger partial charge is 0.364 e. The molecule has 1 aliphatic heterocycles. The van der Waals surface area contributed by atoms with Gasteiger partial charge in [-0.1, -0.05) is 47.6 Å². The molecule has 0 saturated carbocycles. The predicted octanol–water partition coefficient (Wildman–Crippen LogP) is 3.06. The lowest BCUT2D eigenvalue weighted by Gasteiger charge is -2.35. The van der Waals surface area contributed by atoms with E-state index in [1.54, 1.807) is 6.07 Å². The summed E-state index contributed by atoms with van der Waals surface area (Å²) >= 11 is 0. The summed E-state index contributed by atoms with van der Waals surface area (Å²) in [5.74, 6) is 0.669. The number of hydrogen-bond donors (Lipinski definition) is 1. The molecule has 1 aromatic heterocycles. The smallest absolute Gasteiger partial charge is 0.220 e. The number of aliphatic imine (C=N–C) groups is 1. The molecular weight excluding hydrogens is 541 g/mol. The van der Waals surface area contributed by atoms with Crippen LogP contribution in [0.25, 0.3) is 10.8 Å². The van der Waals surface area contributed by atoms with Gasteiger partial charge in [-0.05, 0) is 23.3 Å². The molecule has 2 aromatic carbocycles. The first-order valence-corrected chi connectivity index (χ1v) is 12.0. The van der Waals surface area contributed by atoms with Gasteiger partial charge in [-0.3, -0.25) is 0 Å². The van der Waals surface area contributed by atoms with Crippen LogP contribution < -0.4 is 5.32 Å². The Kier molecular flexibility index (Phi) is 8.49. The third-order valence-corrected chi connectivity index (χ3v) is 7.18. The second-order valence-corrected chi connectivity index (χ2v) is 9.41. The van der Waals surface area contributed by atoms with Crippen molar-refractivity contribution >= 4 is 50.7 Å². The van der Waals surface area contributed by atoms with E-state index in [0.717, 1.165) is 12.5 Å². The Morgan fingerprint density at radius 3 is 2.56 bits per heavy atom. The minimum atomic E-state index is -3.42. The normalized spacial score (nSPS) is 15.5. The van der Waals surface area contributed by atoms with Crippen LogP contribution in [-0.2, 0) is 22.3 Å². The Morgan fingerprint density at radius 2 is 1.84 bits per heavy atom. The highest BCUT2D eigenvalue weighted by Crippen LogP contribution is 2.19. The standard InChI is InChI=1S/C22H27N5O3S.HI/c1-2-23-22(24-16-19-8-5-7-18-6-3-4-9-21(18)19)26-11-13-27(14-12-26)31(28,29)17-20-10-15-30-25-20;/h3-10,15H,2,11-14,16-17H2,1H3,(H,23,24);1H. The van der Waals surface area contributed by atoms with Gasteiger partial charge in [0.2, 0.25) is 10.0 Å². The van der Waals surface area contributed by atoms with E-state index in [1.165, 1.54) is 26.9 Å². The fraction of sp³-hybridized carbons (Fsp3) is 0.364. The summed E-state index contributed by atoms with van der Waals surface area (Å²) in [4.78, 5) is 6.97. The molecule has 0 amide bonds. The number of piperazine rings is 1. The summed E-state index contributed by atoms with van der Waals surface area (Å²) in [5, 5.41) is 9.47. The number of hydrogen-bond acceptors (Lipinski definition) is 5. The molecule has 1 saturated heterocycles. The van der Waals surface area contributed by atoms with E-state index < -0.39 is 10.0 Å². The van der Waals surface area contributed by atoms with E-state index in [-0.39, 0.29) is 29.7 Å². The summed E-state index contributed by atoms with van der Waals surface area (Å²) in [6.07, 6.45) is 1.39. The second-order valence-electron chi connectivity index (χ2n) is 7.44. The van der Waals surface area contributed by atoms with Crippen molar-refractivity contribution in [3.63, 3.8) is 0 Å². The Balaban J connectivity index is 0.00000289. The van der Waals surface area contributed by atoms with Gasteiger partial charge >= 0.3 is 0 Å². The third kappa shape index (κ3) is 5.78. The predicted molar refractivity (Wildman–Crippen MR) is 136 cm³/mol. The minimum Gasteiger partial charge on any atom is -0.364 e. The molecule has 2 heterocycles. The summed E-state index contributed by atoms with van der Waals surface area (Å²) < 4.78 is 31.6. The maximum Gasteiger partial charge on any atom is 0.220 e. The zero-order valence-corrected chi connectivity index (χ0v) is 21.1. The SMILES string of the molecule is CCNC(=NCc1cccc2ccccc12)N1CCN(S(=O)(=O)Cc2ccon2)CC1.I. The van der Waals surface area contributed by atoms with Crippen LogP contribution in [0.3, 0.4) is 0 Å². The zero-order chi connectivity index (χ0) is 21.7. The summed E-state index contributed by atoms with van der Waals surface area (Å²) in [6, 6.07) is 16.1. The van der Waals surface area contributed by atoms with Crippen LogP contribution in [0.1, 0.15) is 18.2 Å². The van der Waals surface area contributed by atoms with Crippen molar-refractivity contribution in [2.24, 2.45) is 4.99 Å². The van der Waals surface area contributed by atoms with Gasteiger partial charge in [-0.15, -0.1) is 24.0 Å². The van der Waals surface area contributed by atoms with Crippen molar-refractivity contribution in [1.82, 2.24) is 19.7 Å².